The Kier molecular flexibility index (Phi) is 7.64. The molecule has 0 aromatic carbocycles. The van der Waals surface area contributed by atoms with Gasteiger partial charge in [-0.05, 0) is 45.4 Å². The third kappa shape index (κ3) is 7.41. The second kappa shape index (κ2) is 8.97. The first-order valence-corrected chi connectivity index (χ1v) is 8.74. The maximum absolute atomic E-state index is 4.66. The maximum atomic E-state index is 4.66. The van der Waals surface area contributed by atoms with Crippen molar-refractivity contribution in [3.63, 3.8) is 0 Å². The normalized spacial score (nSPS) is 12.5. The second-order valence-electron chi connectivity index (χ2n) is 5.71. The molecule has 0 aliphatic heterocycles. The van der Waals surface area contributed by atoms with Gasteiger partial charge in [-0.25, -0.2) is 0 Å². The minimum atomic E-state index is 0.179. The average molecular weight is 311 g/mol. The van der Waals surface area contributed by atoms with E-state index >= 15 is 0 Å². The van der Waals surface area contributed by atoms with Gasteiger partial charge in [0.05, 0.1) is 12.7 Å². The van der Waals surface area contributed by atoms with Crippen LogP contribution in [-0.4, -0.2) is 46.4 Å². The lowest BCUT2D eigenvalue weighted by molar-refractivity contribution is 0.701. The molecule has 0 atom stereocenters. The fraction of sp³-hybridized carbons (Fsp3) is 0.733. The first-order chi connectivity index (χ1) is 9.96. The Morgan fingerprint density at radius 2 is 2.19 bits per heavy atom. The first kappa shape index (κ1) is 17.9. The molecular weight excluding hydrogens is 282 g/mol. The number of hydrogen-bond acceptors (Lipinski definition) is 3. The third-order valence-corrected chi connectivity index (χ3v) is 4.44. The molecule has 5 nitrogen and oxygen atoms in total. The Morgan fingerprint density at radius 3 is 2.76 bits per heavy atom. The Bertz CT molecular complexity index is 439. The monoisotopic (exact) mass is 311 g/mol. The van der Waals surface area contributed by atoms with Crippen molar-refractivity contribution in [2.24, 2.45) is 12.0 Å². The first-order valence-electron chi connectivity index (χ1n) is 7.51. The minimum absolute atomic E-state index is 0.179. The zero-order valence-corrected chi connectivity index (χ0v) is 14.8. The molecule has 1 heterocycles. The summed E-state index contributed by atoms with van der Waals surface area (Å²) in [7, 11) is 1.95. The smallest absolute Gasteiger partial charge is 0.191 e. The van der Waals surface area contributed by atoms with Gasteiger partial charge in [0.25, 0.3) is 0 Å². The molecule has 2 N–H and O–H groups in total. The van der Waals surface area contributed by atoms with Crippen molar-refractivity contribution in [2.75, 3.05) is 25.9 Å². The van der Waals surface area contributed by atoms with Crippen LogP contribution in [0.25, 0.3) is 0 Å². The van der Waals surface area contributed by atoms with Gasteiger partial charge in [0.15, 0.2) is 5.96 Å². The summed E-state index contributed by atoms with van der Waals surface area (Å²) in [6.45, 7) is 9.13. The summed E-state index contributed by atoms with van der Waals surface area (Å²) < 4.78 is 2.02. The fourth-order valence-corrected chi connectivity index (χ4v) is 1.97. The van der Waals surface area contributed by atoms with Crippen LogP contribution in [0.4, 0.5) is 0 Å². The highest BCUT2D eigenvalue weighted by atomic mass is 32.2. The van der Waals surface area contributed by atoms with E-state index in [1.54, 1.807) is 0 Å². The van der Waals surface area contributed by atoms with E-state index < -0.39 is 0 Å². The van der Waals surface area contributed by atoms with Crippen LogP contribution in [0, 0.1) is 0 Å². The molecule has 6 heteroatoms. The topological polar surface area (TPSA) is 54.2 Å². The predicted molar refractivity (Wildman–Crippen MR) is 93.1 cm³/mol. The summed E-state index contributed by atoms with van der Waals surface area (Å²) in [5.74, 6) is 0.908. The van der Waals surface area contributed by atoms with Gasteiger partial charge in [0, 0.05) is 31.1 Å². The number of nitrogens with zero attached hydrogens (tertiary/aromatic N) is 3. The van der Waals surface area contributed by atoms with E-state index in [0.717, 1.165) is 38.4 Å². The van der Waals surface area contributed by atoms with Crippen LogP contribution in [0.5, 0.6) is 0 Å². The number of rotatable bonds is 8. The van der Waals surface area contributed by atoms with Gasteiger partial charge in [0.1, 0.15) is 0 Å². The average Bonchev–Trinajstić information content (AvgIpc) is 2.86. The summed E-state index contributed by atoms with van der Waals surface area (Å²) >= 11 is 1.84. The highest BCUT2D eigenvalue weighted by molar-refractivity contribution is 7.99. The Balaban J connectivity index is 2.35. The highest BCUT2D eigenvalue weighted by Gasteiger charge is 2.15. The van der Waals surface area contributed by atoms with Crippen molar-refractivity contribution in [1.82, 2.24) is 20.4 Å². The predicted octanol–water partition coefficient (Wildman–Crippen LogP) is 2.05. The Hall–Kier alpha value is -1.17. The summed E-state index contributed by atoms with van der Waals surface area (Å²) in [6, 6.07) is 0. The third-order valence-electron chi connectivity index (χ3n) is 3.21. The molecule has 0 aliphatic carbocycles. The molecule has 0 fully saturated rings. The van der Waals surface area contributed by atoms with Gasteiger partial charge >= 0.3 is 0 Å². The Labute approximate surface area is 133 Å². The van der Waals surface area contributed by atoms with E-state index in [9.17, 15) is 0 Å². The lowest BCUT2D eigenvalue weighted by Gasteiger charge is -2.20. The molecule has 21 heavy (non-hydrogen) atoms. The molecular formula is C15H29N5S. The van der Waals surface area contributed by atoms with Crippen LogP contribution >= 0.6 is 11.8 Å². The second-order valence-corrected chi connectivity index (χ2v) is 7.22. The van der Waals surface area contributed by atoms with Crippen molar-refractivity contribution in [2.45, 2.75) is 38.4 Å². The van der Waals surface area contributed by atoms with Crippen molar-refractivity contribution >= 4 is 17.7 Å². The lowest BCUT2D eigenvalue weighted by Crippen LogP contribution is -2.39. The number of aryl methyl sites for hydroxylation is 2. The minimum Gasteiger partial charge on any atom is -0.357 e. The van der Waals surface area contributed by atoms with Gasteiger partial charge in [-0.2, -0.15) is 16.9 Å². The number of hydrogen-bond donors (Lipinski definition) is 2. The van der Waals surface area contributed by atoms with Crippen LogP contribution < -0.4 is 10.6 Å². The SMILES string of the molecule is CCNC(=NCC(C)(C)SC)NCCCc1cnn(C)c1. The molecule has 1 aromatic heterocycles. The molecule has 0 amide bonds. The quantitative estimate of drug-likeness (QED) is 0.438. The molecule has 1 rings (SSSR count). The number of aromatic nitrogens is 2. The zero-order chi connectivity index (χ0) is 15.7. The van der Waals surface area contributed by atoms with Crippen molar-refractivity contribution < 1.29 is 0 Å². The fourth-order valence-electron chi connectivity index (χ4n) is 1.78. The summed E-state index contributed by atoms with van der Waals surface area (Å²) in [6.07, 6.45) is 8.24. The standard InChI is InChI=1S/C15H29N5S/c1-6-16-14(18-12-15(2,3)21-5)17-9-7-8-13-10-19-20(4)11-13/h10-11H,6-9,12H2,1-5H3,(H2,16,17,18). The molecule has 0 spiro atoms. The summed E-state index contributed by atoms with van der Waals surface area (Å²) in [5.41, 5.74) is 1.28. The van der Waals surface area contributed by atoms with Crippen molar-refractivity contribution in [3.05, 3.63) is 18.0 Å². The number of guanidine groups is 1. The number of aliphatic imine (C=N–C) groups is 1. The molecule has 0 bridgehead atoms. The van der Waals surface area contributed by atoms with Crippen molar-refractivity contribution in [3.8, 4) is 0 Å². The number of nitrogens with one attached hydrogen (secondary N) is 2. The van der Waals surface area contributed by atoms with Crippen molar-refractivity contribution in [1.29, 1.82) is 0 Å². The van der Waals surface area contributed by atoms with E-state index in [1.807, 2.05) is 29.7 Å². The molecule has 0 saturated heterocycles. The van der Waals surface area contributed by atoms with Crippen LogP contribution in [0.15, 0.2) is 17.4 Å². The van der Waals surface area contributed by atoms with Crippen LogP contribution in [-0.2, 0) is 13.5 Å². The molecule has 120 valence electrons. The van der Waals surface area contributed by atoms with E-state index in [0.29, 0.717) is 0 Å². The van der Waals surface area contributed by atoms with E-state index in [1.165, 1.54) is 5.56 Å². The van der Waals surface area contributed by atoms with Gasteiger partial charge < -0.3 is 10.6 Å². The van der Waals surface area contributed by atoms with Crippen LogP contribution in [0.1, 0.15) is 32.8 Å². The lowest BCUT2D eigenvalue weighted by atomic mass is 10.2. The van der Waals surface area contributed by atoms with Gasteiger partial charge in [0.2, 0.25) is 0 Å². The highest BCUT2D eigenvalue weighted by Crippen LogP contribution is 2.20. The number of thioether (sulfide) groups is 1. The Morgan fingerprint density at radius 1 is 1.43 bits per heavy atom. The molecule has 0 unspecified atom stereocenters. The van der Waals surface area contributed by atoms with E-state index in [-0.39, 0.29) is 4.75 Å². The summed E-state index contributed by atoms with van der Waals surface area (Å²) in [5, 5.41) is 10.9. The molecule has 0 aliphatic rings. The molecule has 1 aromatic rings. The zero-order valence-electron chi connectivity index (χ0n) is 13.9. The van der Waals surface area contributed by atoms with Crippen LogP contribution in [0.3, 0.4) is 0 Å². The molecule has 0 radical (unpaired) electrons. The van der Waals surface area contributed by atoms with Gasteiger partial charge in [-0.3, -0.25) is 9.67 Å². The largest absolute Gasteiger partial charge is 0.357 e. The van der Waals surface area contributed by atoms with E-state index in [2.05, 4.69) is 53.9 Å². The van der Waals surface area contributed by atoms with E-state index in [4.69, 9.17) is 0 Å². The molecule has 0 saturated carbocycles. The maximum Gasteiger partial charge on any atom is 0.191 e. The van der Waals surface area contributed by atoms with Gasteiger partial charge in [-0.1, -0.05) is 0 Å². The van der Waals surface area contributed by atoms with Gasteiger partial charge in [-0.15, -0.1) is 0 Å². The summed E-state index contributed by atoms with van der Waals surface area (Å²) in [4.78, 5) is 4.66. The van der Waals surface area contributed by atoms with Crippen LogP contribution in [0.2, 0.25) is 0 Å².